The third-order valence-corrected chi connectivity index (χ3v) is 3.38. The molecule has 0 aliphatic carbocycles. The fourth-order valence-corrected chi connectivity index (χ4v) is 2.16. The first-order chi connectivity index (χ1) is 8.58. The number of aromatic nitrogens is 2. The number of hydrogen-bond acceptors (Lipinski definition) is 4. The molecule has 0 bridgehead atoms. The average Bonchev–Trinajstić information content (AvgIpc) is 2.39. The van der Waals surface area contributed by atoms with Gasteiger partial charge in [0.25, 0.3) is 0 Å². The summed E-state index contributed by atoms with van der Waals surface area (Å²) < 4.78 is 0. The van der Waals surface area contributed by atoms with Gasteiger partial charge in [0.15, 0.2) is 0 Å². The van der Waals surface area contributed by atoms with Crippen LogP contribution in [0.5, 0.6) is 0 Å². The van der Waals surface area contributed by atoms with E-state index < -0.39 is 5.97 Å². The van der Waals surface area contributed by atoms with Gasteiger partial charge in [-0.2, -0.15) is 0 Å². The number of hydrogen-bond donors (Lipinski definition) is 1. The van der Waals surface area contributed by atoms with Crippen molar-refractivity contribution in [2.75, 3.05) is 18.0 Å². The maximum absolute atomic E-state index is 10.9. The number of anilines is 1. The Bertz CT molecular complexity index is 426. The molecule has 0 unspecified atom stereocenters. The zero-order valence-electron chi connectivity index (χ0n) is 10.8. The van der Waals surface area contributed by atoms with Gasteiger partial charge in [-0.3, -0.25) is 4.79 Å². The largest absolute Gasteiger partial charge is 0.481 e. The topological polar surface area (TPSA) is 66.3 Å². The third-order valence-electron chi connectivity index (χ3n) is 3.38. The van der Waals surface area contributed by atoms with Crippen molar-refractivity contribution in [3.63, 3.8) is 0 Å². The molecule has 18 heavy (non-hydrogen) atoms. The summed E-state index contributed by atoms with van der Waals surface area (Å²) in [4.78, 5) is 21.8. The highest BCUT2D eigenvalue weighted by atomic mass is 16.4. The monoisotopic (exact) mass is 249 g/mol. The first-order valence-electron chi connectivity index (χ1n) is 6.38. The number of carboxylic acids is 1. The van der Waals surface area contributed by atoms with E-state index in [2.05, 4.69) is 28.7 Å². The molecule has 1 aromatic heterocycles. The van der Waals surface area contributed by atoms with Gasteiger partial charge in [0, 0.05) is 25.0 Å². The van der Waals surface area contributed by atoms with Crippen molar-refractivity contribution in [2.24, 2.45) is 5.92 Å². The summed E-state index contributed by atoms with van der Waals surface area (Å²) in [6, 6.07) is 1.93. The molecule has 1 aliphatic rings. The summed E-state index contributed by atoms with van der Waals surface area (Å²) in [5, 5.41) is 8.96. The van der Waals surface area contributed by atoms with Gasteiger partial charge in [-0.05, 0) is 24.8 Å². The Hall–Kier alpha value is -1.65. The second kappa shape index (κ2) is 5.33. The van der Waals surface area contributed by atoms with Crippen LogP contribution in [0.15, 0.2) is 12.3 Å². The molecule has 0 saturated carbocycles. The lowest BCUT2D eigenvalue weighted by Crippen LogP contribution is -2.37. The lowest BCUT2D eigenvalue weighted by atomic mass is 9.97. The van der Waals surface area contributed by atoms with Crippen LogP contribution in [0.3, 0.4) is 0 Å². The highest BCUT2D eigenvalue weighted by Gasteiger charge is 2.25. The molecule has 2 heterocycles. The molecule has 0 aromatic carbocycles. The smallest absolute Gasteiger partial charge is 0.306 e. The van der Waals surface area contributed by atoms with E-state index in [0.29, 0.717) is 18.8 Å². The Kier molecular flexibility index (Phi) is 3.79. The van der Waals surface area contributed by atoms with Crippen molar-refractivity contribution in [3.05, 3.63) is 18.0 Å². The number of carboxylic acid groups (broad SMARTS) is 1. The van der Waals surface area contributed by atoms with Crippen LogP contribution >= 0.6 is 0 Å². The fraction of sp³-hybridized carbons (Fsp3) is 0.615. The van der Waals surface area contributed by atoms with Gasteiger partial charge >= 0.3 is 5.97 Å². The third kappa shape index (κ3) is 2.78. The summed E-state index contributed by atoms with van der Waals surface area (Å²) in [5.41, 5.74) is 1.03. The molecule has 1 N–H and O–H groups in total. The van der Waals surface area contributed by atoms with E-state index >= 15 is 0 Å². The van der Waals surface area contributed by atoms with E-state index in [1.165, 1.54) is 0 Å². The van der Waals surface area contributed by atoms with Crippen molar-refractivity contribution >= 4 is 11.9 Å². The summed E-state index contributed by atoms with van der Waals surface area (Å²) in [5.74, 6) is 0.203. The predicted molar refractivity (Wildman–Crippen MR) is 68.7 cm³/mol. The van der Waals surface area contributed by atoms with E-state index in [-0.39, 0.29) is 5.92 Å². The Labute approximate surface area is 107 Å². The lowest BCUT2D eigenvalue weighted by Gasteiger charge is -2.30. The van der Waals surface area contributed by atoms with Gasteiger partial charge in [0.2, 0.25) is 5.95 Å². The quantitative estimate of drug-likeness (QED) is 0.886. The Balaban J connectivity index is 2.05. The van der Waals surface area contributed by atoms with Crippen LogP contribution in [0.2, 0.25) is 0 Å². The average molecular weight is 249 g/mol. The SMILES string of the molecule is CC(C)c1ccnc(N2CCC(C(=O)O)CC2)n1. The molecule has 0 radical (unpaired) electrons. The molecule has 1 aromatic rings. The van der Waals surface area contributed by atoms with Crippen molar-refractivity contribution < 1.29 is 9.90 Å². The molecule has 0 spiro atoms. The second-order valence-corrected chi connectivity index (χ2v) is 5.04. The zero-order valence-corrected chi connectivity index (χ0v) is 10.8. The van der Waals surface area contributed by atoms with E-state index in [9.17, 15) is 4.79 Å². The molecule has 5 heteroatoms. The van der Waals surface area contributed by atoms with Crippen molar-refractivity contribution in [2.45, 2.75) is 32.6 Å². The van der Waals surface area contributed by atoms with Crippen LogP contribution in [-0.2, 0) is 4.79 Å². The molecular formula is C13H19N3O2. The van der Waals surface area contributed by atoms with Crippen LogP contribution in [0.25, 0.3) is 0 Å². The van der Waals surface area contributed by atoms with E-state index in [1.807, 2.05) is 6.07 Å². The lowest BCUT2D eigenvalue weighted by molar-refractivity contribution is -0.142. The molecule has 1 fully saturated rings. The van der Waals surface area contributed by atoms with E-state index in [0.717, 1.165) is 24.7 Å². The van der Waals surface area contributed by atoms with Gasteiger partial charge in [0.05, 0.1) is 5.92 Å². The maximum atomic E-state index is 10.9. The van der Waals surface area contributed by atoms with Gasteiger partial charge in [-0.1, -0.05) is 13.8 Å². The van der Waals surface area contributed by atoms with Gasteiger partial charge < -0.3 is 10.0 Å². The summed E-state index contributed by atoms with van der Waals surface area (Å²) >= 11 is 0. The zero-order chi connectivity index (χ0) is 13.1. The number of carbonyl (C=O) groups is 1. The molecule has 1 aliphatic heterocycles. The predicted octanol–water partition coefficient (Wildman–Crippen LogP) is 1.90. The van der Waals surface area contributed by atoms with Crippen LogP contribution in [-0.4, -0.2) is 34.1 Å². The summed E-state index contributed by atoms with van der Waals surface area (Å²) in [6.45, 7) is 5.64. The molecular weight excluding hydrogens is 230 g/mol. The van der Waals surface area contributed by atoms with Gasteiger partial charge in [-0.25, -0.2) is 9.97 Å². The Morgan fingerprint density at radius 2 is 2.11 bits per heavy atom. The first kappa shape index (κ1) is 12.8. The first-order valence-corrected chi connectivity index (χ1v) is 6.38. The van der Waals surface area contributed by atoms with Crippen molar-refractivity contribution in [1.82, 2.24) is 9.97 Å². The van der Waals surface area contributed by atoms with Crippen molar-refractivity contribution in [3.8, 4) is 0 Å². The highest BCUT2D eigenvalue weighted by molar-refractivity contribution is 5.70. The molecule has 0 atom stereocenters. The van der Waals surface area contributed by atoms with E-state index in [1.54, 1.807) is 6.20 Å². The minimum absolute atomic E-state index is 0.213. The minimum Gasteiger partial charge on any atom is -0.481 e. The Morgan fingerprint density at radius 1 is 1.44 bits per heavy atom. The van der Waals surface area contributed by atoms with Crippen LogP contribution in [0.4, 0.5) is 5.95 Å². The van der Waals surface area contributed by atoms with Crippen LogP contribution in [0, 0.1) is 5.92 Å². The summed E-state index contributed by atoms with van der Waals surface area (Å²) in [6.07, 6.45) is 3.12. The van der Waals surface area contributed by atoms with Gasteiger partial charge in [-0.15, -0.1) is 0 Å². The molecule has 1 saturated heterocycles. The molecule has 2 rings (SSSR count). The maximum Gasteiger partial charge on any atom is 0.306 e. The number of piperidine rings is 1. The van der Waals surface area contributed by atoms with Crippen molar-refractivity contribution in [1.29, 1.82) is 0 Å². The number of rotatable bonds is 3. The fourth-order valence-electron chi connectivity index (χ4n) is 2.16. The van der Waals surface area contributed by atoms with Crippen LogP contribution < -0.4 is 4.90 Å². The second-order valence-electron chi connectivity index (χ2n) is 5.04. The standard InChI is InChI=1S/C13H19N3O2/c1-9(2)11-3-6-14-13(15-11)16-7-4-10(5-8-16)12(17)18/h3,6,9-10H,4-5,7-8H2,1-2H3,(H,17,18). The van der Waals surface area contributed by atoms with Crippen LogP contribution in [0.1, 0.15) is 38.3 Å². The van der Waals surface area contributed by atoms with Gasteiger partial charge in [0.1, 0.15) is 0 Å². The van der Waals surface area contributed by atoms with E-state index in [4.69, 9.17) is 5.11 Å². The molecule has 5 nitrogen and oxygen atoms in total. The Morgan fingerprint density at radius 3 is 2.67 bits per heavy atom. The number of aliphatic carboxylic acids is 1. The molecule has 0 amide bonds. The molecule has 98 valence electrons. The number of nitrogens with zero attached hydrogens (tertiary/aromatic N) is 3. The highest BCUT2D eigenvalue weighted by Crippen LogP contribution is 2.21. The minimum atomic E-state index is -0.688. The normalized spacial score (nSPS) is 17.2. The summed E-state index contributed by atoms with van der Waals surface area (Å²) in [7, 11) is 0.